The van der Waals surface area contributed by atoms with E-state index in [1.54, 1.807) is 42.5 Å². The molecule has 0 aliphatic rings. The number of hydrogen-bond donors (Lipinski definition) is 11. The fourth-order valence-corrected chi connectivity index (χ4v) is 5.62. The van der Waals surface area contributed by atoms with Crippen LogP contribution in [-0.4, -0.2) is 112 Å². The molecule has 2 aromatic rings. The number of carboxylic acid groups (broad SMARTS) is 2. The van der Waals surface area contributed by atoms with Crippen LogP contribution in [0.2, 0.25) is 0 Å². The minimum Gasteiger partial charge on any atom is -0.481 e. The minimum absolute atomic E-state index is 0.0798. The highest BCUT2D eigenvalue weighted by molar-refractivity contribution is 5.97. The molecule has 0 saturated carbocycles. The Morgan fingerprint density at radius 1 is 0.559 bits per heavy atom. The highest BCUT2D eigenvalue weighted by Crippen LogP contribution is 2.09. The summed E-state index contributed by atoms with van der Waals surface area (Å²) in [5, 5.41) is 33.2. The average molecular weight is 826 g/mol. The minimum atomic E-state index is -1.66. The Morgan fingerprint density at radius 3 is 1.53 bits per heavy atom. The van der Waals surface area contributed by atoms with Gasteiger partial charge in [0, 0.05) is 12.8 Å². The van der Waals surface area contributed by atoms with Crippen molar-refractivity contribution in [2.75, 3.05) is 6.54 Å². The first kappa shape index (κ1) is 48.7. The maximum atomic E-state index is 13.9. The molecule has 0 aliphatic carbocycles. The molecule has 2 rings (SSSR count). The molecule has 0 spiro atoms. The molecular formula is C39H55N9O11. The van der Waals surface area contributed by atoms with Crippen molar-refractivity contribution in [2.24, 2.45) is 17.2 Å². The van der Waals surface area contributed by atoms with E-state index in [-0.39, 0.29) is 19.3 Å². The maximum Gasteiger partial charge on any atom is 0.326 e. The van der Waals surface area contributed by atoms with E-state index >= 15 is 0 Å². The van der Waals surface area contributed by atoms with E-state index in [4.69, 9.17) is 17.2 Å². The van der Waals surface area contributed by atoms with Crippen molar-refractivity contribution in [2.45, 2.75) is 108 Å². The van der Waals surface area contributed by atoms with E-state index in [9.17, 15) is 53.4 Å². The molecule has 0 unspecified atom stereocenters. The molecule has 0 aromatic heterocycles. The van der Waals surface area contributed by atoms with Gasteiger partial charge in [0.05, 0.1) is 12.5 Å². The van der Waals surface area contributed by atoms with E-state index in [0.717, 1.165) is 5.56 Å². The first-order valence-corrected chi connectivity index (χ1v) is 19.0. The third-order valence-corrected chi connectivity index (χ3v) is 8.93. The summed E-state index contributed by atoms with van der Waals surface area (Å²) in [6, 6.07) is 8.23. The number of amides is 7. The Labute approximate surface area is 341 Å². The number of benzene rings is 2. The van der Waals surface area contributed by atoms with Crippen molar-refractivity contribution < 1.29 is 53.4 Å². The van der Waals surface area contributed by atoms with Crippen molar-refractivity contribution in [1.29, 1.82) is 0 Å². The van der Waals surface area contributed by atoms with Gasteiger partial charge >= 0.3 is 11.9 Å². The Bertz CT molecular complexity index is 1760. The zero-order valence-corrected chi connectivity index (χ0v) is 33.0. The molecule has 20 nitrogen and oxygen atoms in total. The first-order chi connectivity index (χ1) is 27.9. The zero-order chi connectivity index (χ0) is 44.1. The van der Waals surface area contributed by atoms with Crippen LogP contribution in [-0.2, 0) is 56.0 Å². The number of nitrogens with one attached hydrogen (secondary N) is 6. The highest BCUT2D eigenvalue weighted by atomic mass is 16.4. The van der Waals surface area contributed by atoms with Gasteiger partial charge in [0.1, 0.15) is 36.3 Å². The van der Waals surface area contributed by atoms with Crippen LogP contribution in [0.15, 0.2) is 60.7 Å². The van der Waals surface area contributed by atoms with Crippen molar-refractivity contribution in [3.8, 4) is 0 Å². The lowest BCUT2D eigenvalue weighted by atomic mass is 10.0. The van der Waals surface area contributed by atoms with E-state index in [0.29, 0.717) is 24.9 Å². The van der Waals surface area contributed by atoms with Crippen LogP contribution in [0, 0.1) is 0 Å². The van der Waals surface area contributed by atoms with Crippen LogP contribution < -0.4 is 49.1 Å². The predicted octanol–water partition coefficient (Wildman–Crippen LogP) is -2.30. The molecule has 2 aromatic carbocycles. The Balaban J connectivity index is 2.25. The van der Waals surface area contributed by atoms with E-state index in [1.165, 1.54) is 13.8 Å². The van der Waals surface area contributed by atoms with E-state index in [1.807, 2.05) is 18.2 Å². The smallest absolute Gasteiger partial charge is 0.326 e. The quantitative estimate of drug-likeness (QED) is 0.0445. The fourth-order valence-electron chi connectivity index (χ4n) is 5.62. The molecule has 0 saturated heterocycles. The topological polar surface area (TPSA) is 344 Å². The Morgan fingerprint density at radius 2 is 1.00 bits per heavy atom. The van der Waals surface area contributed by atoms with Crippen LogP contribution in [0.25, 0.3) is 0 Å². The molecule has 7 atom stereocenters. The SMILES string of the molecule is C[C@H](NC(=O)[C@H](C)NC(=O)[C@H](CCC(=O)O)NC(=O)[C@H](Cc1ccccc1)NC(=O)[C@H](CCCCN)NC(=O)[C@@H](N)Cc1ccccc1)C(=O)N[C@@H](CC(N)=O)C(=O)O. The summed E-state index contributed by atoms with van der Waals surface area (Å²) in [4.78, 5) is 114. The summed E-state index contributed by atoms with van der Waals surface area (Å²) in [6.07, 6.45) is -0.461. The van der Waals surface area contributed by atoms with Gasteiger partial charge in [-0.25, -0.2) is 4.79 Å². The van der Waals surface area contributed by atoms with Crippen LogP contribution in [0.3, 0.4) is 0 Å². The van der Waals surface area contributed by atoms with Gasteiger partial charge in [-0.05, 0) is 63.6 Å². The normalized spacial score (nSPS) is 14.4. The van der Waals surface area contributed by atoms with Gasteiger partial charge in [-0.3, -0.25) is 38.4 Å². The standard InChI is InChI=1S/C39H55N9O11/c1-22(33(52)43-23(2)34(53)48-30(39(58)59)21-31(42)49)44-36(55)28(16-17-32(50)51)46-38(57)29(20-25-13-7-4-8-14-25)47-37(56)27(15-9-10-18-40)45-35(54)26(41)19-24-11-5-3-6-12-24/h3-8,11-14,22-23,26-30H,9-10,15-21,40-41H2,1-2H3,(H2,42,49)(H,43,52)(H,44,55)(H,45,54)(H,46,57)(H,47,56)(H,48,53)(H,50,51)(H,58,59)/t22-,23-,26-,27-,28-,29-,30-/m0/s1. The lowest BCUT2D eigenvalue weighted by Crippen LogP contribution is -2.59. The molecular weight excluding hydrogens is 770 g/mol. The number of rotatable bonds is 26. The Hall–Kier alpha value is -6.41. The van der Waals surface area contributed by atoms with Crippen molar-refractivity contribution >= 4 is 53.3 Å². The molecule has 7 amide bonds. The van der Waals surface area contributed by atoms with E-state index in [2.05, 4.69) is 31.9 Å². The molecule has 322 valence electrons. The summed E-state index contributed by atoms with van der Waals surface area (Å²) in [7, 11) is 0. The van der Waals surface area contributed by atoms with Crippen molar-refractivity contribution in [1.82, 2.24) is 31.9 Å². The van der Waals surface area contributed by atoms with Gasteiger partial charge < -0.3 is 59.3 Å². The van der Waals surface area contributed by atoms with Crippen molar-refractivity contribution in [3.63, 3.8) is 0 Å². The number of carboxylic acids is 2. The summed E-state index contributed by atoms with van der Waals surface area (Å²) in [5.74, 6) is -8.89. The van der Waals surface area contributed by atoms with Crippen LogP contribution >= 0.6 is 0 Å². The van der Waals surface area contributed by atoms with Gasteiger partial charge in [-0.1, -0.05) is 60.7 Å². The summed E-state index contributed by atoms with van der Waals surface area (Å²) >= 11 is 0. The third-order valence-electron chi connectivity index (χ3n) is 8.93. The number of carbonyl (C=O) groups is 9. The molecule has 0 fully saturated rings. The second kappa shape index (κ2) is 25.1. The highest BCUT2D eigenvalue weighted by Gasteiger charge is 2.32. The van der Waals surface area contributed by atoms with Crippen LogP contribution in [0.1, 0.15) is 63.5 Å². The summed E-state index contributed by atoms with van der Waals surface area (Å²) in [6.45, 7) is 2.79. The van der Waals surface area contributed by atoms with Gasteiger partial charge in [0.2, 0.25) is 41.4 Å². The van der Waals surface area contributed by atoms with Crippen molar-refractivity contribution in [3.05, 3.63) is 71.8 Å². The van der Waals surface area contributed by atoms with Gasteiger partial charge in [-0.2, -0.15) is 0 Å². The number of primary amides is 1. The number of unbranched alkanes of at least 4 members (excludes halogenated alkanes) is 1. The number of nitrogens with two attached hydrogens (primary N) is 3. The molecule has 0 heterocycles. The fraction of sp³-hybridized carbons (Fsp3) is 0.462. The summed E-state index contributed by atoms with van der Waals surface area (Å²) < 4.78 is 0. The first-order valence-electron chi connectivity index (χ1n) is 19.0. The molecule has 14 N–H and O–H groups in total. The van der Waals surface area contributed by atoms with Gasteiger partial charge in [-0.15, -0.1) is 0 Å². The zero-order valence-electron chi connectivity index (χ0n) is 33.0. The number of hydrogen-bond acceptors (Lipinski definition) is 11. The Kier molecular flexibility index (Phi) is 20.7. The molecule has 20 heteroatoms. The third kappa shape index (κ3) is 18.2. The average Bonchev–Trinajstić information content (AvgIpc) is 3.18. The monoisotopic (exact) mass is 825 g/mol. The number of carbonyl (C=O) groups excluding carboxylic acids is 7. The van der Waals surface area contributed by atoms with Crippen LogP contribution in [0.5, 0.6) is 0 Å². The summed E-state index contributed by atoms with van der Waals surface area (Å²) in [5.41, 5.74) is 18.3. The lowest BCUT2D eigenvalue weighted by Gasteiger charge is -2.27. The molecule has 59 heavy (non-hydrogen) atoms. The maximum absolute atomic E-state index is 13.9. The lowest BCUT2D eigenvalue weighted by molar-refractivity contribution is -0.143. The molecule has 0 bridgehead atoms. The predicted molar refractivity (Wildman–Crippen MR) is 212 cm³/mol. The van der Waals surface area contributed by atoms with E-state index < -0.39 is 115 Å². The largest absolute Gasteiger partial charge is 0.481 e. The second-order valence-electron chi connectivity index (χ2n) is 13.9. The molecule has 0 radical (unpaired) electrons. The van der Waals surface area contributed by atoms with Gasteiger partial charge in [0.15, 0.2) is 0 Å². The second-order valence-corrected chi connectivity index (χ2v) is 13.9. The van der Waals surface area contributed by atoms with Crippen LogP contribution in [0.4, 0.5) is 0 Å². The molecule has 0 aliphatic heterocycles. The number of aliphatic carboxylic acids is 2. The van der Waals surface area contributed by atoms with Gasteiger partial charge in [0.25, 0.3) is 0 Å².